The molecular formula is C17H22O2. The molecule has 0 bridgehead atoms. The third kappa shape index (κ3) is 3.12. The van der Waals surface area contributed by atoms with Crippen molar-refractivity contribution in [1.29, 1.82) is 0 Å². The molecule has 19 heavy (non-hydrogen) atoms. The molecule has 1 saturated carbocycles. The fourth-order valence-electron chi connectivity index (χ4n) is 2.87. The molecule has 0 heterocycles. The molecule has 0 N–H and O–H groups in total. The van der Waals surface area contributed by atoms with Gasteiger partial charge in [0.1, 0.15) is 5.78 Å². The van der Waals surface area contributed by atoms with Crippen LogP contribution in [0.1, 0.15) is 50.4 Å². The Balaban J connectivity index is 2.18. The van der Waals surface area contributed by atoms with Crippen LogP contribution in [0, 0.1) is 17.3 Å². The Morgan fingerprint density at radius 3 is 2.37 bits per heavy atom. The Bertz CT molecular complexity index is 468. The van der Waals surface area contributed by atoms with Gasteiger partial charge in [-0.25, -0.2) is 0 Å². The fourth-order valence-corrected chi connectivity index (χ4v) is 2.87. The predicted molar refractivity (Wildman–Crippen MR) is 76.1 cm³/mol. The average molecular weight is 258 g/mol. The molecule has 2 unspecified atom stereocenters. The second kappa shape index (κ2) is 5.28. The van der Waals surface area contributed by atoms with Gasteiger partial charge in [-0.05, 0) is 24.2 Å². The van der Waals surface area contributed by atoms with Crippen molar-refractivity contribution < 1.29 is 9.59 Å². The Morgan fingerprint density at radius 2 is 1.79 bits per heavy atom. The van der Waals surface area contributed by atoms with E-state index in [2.05, 4.69) is 20.8 Å². The SMILES string of the molecule is CC(C)(C)C1CCC(=O)C(C(=O)c2ccccc2)C1. The number of ketones is 2. The third-order valence-corrected chi connectivity index (χ3v) is 4.25. The zero-order valence-corrected chi connectivity index (χ0v) is 12.0. The molecule has 1 aliphatic carbocycles. The van der Waals surface area contributed by atoms with Crippen molar-refractivity contribution in [3.63, 3.8) is 0 Å². The van der Waals surface area contributed by atoms with Crippen LogP contribution >= 0.6 is 0 Å². The van der Waals surface area contributed by atoms with Crippen LogP contribution in [0.15, 0.2) is 30.3 Å². The van der Waals surface area contributed by atoms with Crippen LogP contribution < -0.4 is 0 Å². The minimum atomic E-state index is -0.430. The Morgan fingerprint density at radius 1 is 1.16 bits per heavy atom. The molecule has 0 spiro atoms. The van der Waals surface area contributed by atoms with E-state index in [-0.39, 0.29) is 17.0 Å². The van der Waals surface area contributed by atoms with E-state index in [4.69, 9.17) is 0 Å². The maximum atomic E-state index is 12.5. The molecule has 0 radical (unpaired) electrons. The van der Waals surface area contributed by atoms with Crippen LogP contribution in [0.3, 0.4) is 0 Å². The number of benzene rings is 1. The van der Waals surface area contributed by atoms with E-state index in [9.17, 15) is 9.59 Å². The summed E-state index contributed by atoms with van der Waals surface area (Å²) < 4.78 is 0. The van der Waals surface area contributed by atoms with Gasteiger partial charge in [0.25, 0.3) is 0 Å². The van der Waals surface area contributed by atoms with E-state index in [0.29, 0.717) is 24.3 Å². The topological polar surface area (TPSA) is 34.1 Å². The first-order valence-corrected chi connectivity index (χ1v) is 7.01. The van der Waals surface area contributed by atoms with Gasteiger partial charge in [-0.1, -0.05) is 51.1 Å². The molecule has 2 nitrogen and oxygen atoms in total. The number of rotatable bonds is 2. The highest BCUT2D eigenvalue weighted by Crippen LogP contribution is 2.39. The molecule has 2 heteroatoms. The van der Waals surface area contributed by atoms with Gasteiger partial charge in [0, 0.05) is 12.0 Å². The second-order valence-electron chi connectivity index (χ2n) is 6.59. The second-order valence-corrected chi connectivity index (χ2v) is 6.59. The lowest BCUT2D eigenvalue weighted by Crippen LogP contribution is -2.36. The minimum Gasteiger partial charge on any atom is -0.299 e. The number of carbonyl (C=O) groups is 2. The lowest BCUT2D eigenvalue weighted by atomic mass is 9.67. The van der Waals surface area contributed by atoms with Crippen molar-refractivity contribution in [1.82, 2.24) is 0 Å². The summed E-state index contributed by atoms with van der Waals surface area (Å²) in [6, 6.07) is 9.19. The van der Waals surface area contributed by atoms with Crippen molar-refractivity contribution >= 4 is 11.6 Å². The molecule has 1 aromatic rings. The molecule has 2 atom stereocenters. The highest BCUT2D eigenvalue weighted by Gasteiger charge is 2.38. The number of hydrogen-bond donors (Lipinski definition) is 0. The van der Waals surface area contributed by atoms with Crippen LogP contribution in [0.25, 0.3) is 0 Å². The van der Waals surface area contributed by atoms with Crippen LogP contribution in [-0.2, 0) is 4.79 Å². The first-order valence-electron chi connectivity index (χ1n) is 7.01. The van der Waals surface area contributed by atoms with Gasteiger partial charge in [-0.15, -0.1) is 0 Å². The zero-order chi connectivity index (χ0) is 14.0. The van der Waals surface area contributed by atoms with Crippen LogP contribution in [0.5, 0.6) is 0 Å². The van der Waals surface area contributed by atoms with Gasteiger partial charge in [0.15, 0.2) is 5.78 Å². The van der Waals surface area contributed by atoms with Gasteiger partial charge in [0.05, 0.1) is 5.92 Å². The van der Waals surface area contributed by atoms with Crippen molar-refractivity contribution in [3.05, 3.63) is 35.9 Å². The van der Waals surface area contributed by atoms with Crippen LogP contribution in [-0.4, -0.2) is 11.6 Å². The summed E-state index contributed by atoms with van der Waals surface area (Å²) in [7, 11) is 0. The standard InChI is InChI=1S/C17H22O2/c1-17(2,3)13-9-10-15(18)14(11-13)16(19)12-7-5-4-6-8-12/h4-8,13-14H,9-11H2,1-3H3. The average Bonchev–Trinajstić information content (AvgIpc) is 2.38. The fraction of sp³-hybridized carbons (Fsp3) is 0.529. The molecule has 1 aliphatic rings. The zero-order valence-electron chi connectivity index (χ0n) is 12.0. The molecule has 2 rings (SSSR count). The maximum Gasteiger partial charge on any atom is 0.173 e. The van der Waals surface area contributed by atoms with E-state index in [1.165, 1.54) is 0 Å². The lowest BCUT2D eigenvalue weighted by molar-refractivity contribution is -0.124. The third-order valence-electron chi connectivity index (χ3n) is 4.25. The van der Waals surface area contributed by atoms with E-state index in [1.807, 2.05) is 18.2 Å². The minimum absolute atomic E-state index is 0.000417. The Hall–Kier alpha value is -1.44. The number of carbonyl (C=O) groups excluding carboxylic acids is 2. The molecule has 1 fully saturated rings. The normalized spacial score (nSPS) is 24.3. The first kappa shape index (κ1) is 14.0. The van der Waals surface area contributed by atoms with E-state index in [1.54, 1.807) is 12.1 Å². The highest BCUT2D eigenvalue weighted by molar-refractivity contribution is 6.10. The van der Waals surface area contributed by atoms with Gasteiger partial charge in [-0.2, -0.15) is 0 Å². The number of hydrogen-bond acceptors (Lipinski definition) is 2. The Labute approximate surface area is 115 Å². The summed E-state index contributed by atoms with van der Waals surface area (Å²) in [4.78, 5) is 24.5. The van der Waals surface area contributed by atoms with Crippen molar-refractivity contribution in [2.24, 2.45) is 17.3 Å². The first-order chi connectivity index (χ1) is 8.89. The van der Waals surface area contributed by atoms with Gasteiger partial charge in [0.2, 0.25) is 0 Å². The van der Waals surface area contributed by atoms with Crippen molar-refractivity contribution in [2.75, 3.05) is 0 Å². The highest BCUT2D eigenvalue weighted by atomic mass is 16.1. The molecular weight excluding hydrogens is 236 g/mol. The van der Waals surface area contributed by atoms with Crippen LogP contribution in [0.2, 0.25) is 0 Å². The van der Waals surface area contributed by atoms with E-state index < -0.39 is 5.92 Å². The smallest absolute Gasteiger partial charge is 0.173 e. The summed E-state index contributed by atoms with van der Waals surface area (Å²) >= 11 is 0. The summed E-state index contributed by atoms with van der Waals surface area (Å²) in [6.45, 7) is 6.58. The van der Waals surface area contributed by atoms with Gasteiger partial charge >= 0.3 is 0 Å². The van der Waals surface area contributed by atoms with Gasteiger partial charge < -0.3 is 0 Å². The molecule has 0 saturated heterocycles. The largest absolute Gasteiger partial charge is 0.299 e. The summed E-state index contributed by atoms with van der Waals surface area (Å²) in [5.41, 5.74) is 0.825. The van der Waals surface area contributed by atoms with Crippen LogP contribution in [0.4, 0.5) is 0 Å². The summed E-state index contributed by atoms with van der Waals surface area (Å²) in [5.74, 6) is 0.136. The maximum absolute atomic E-state index is 12.5. The molecule has 0 amide bonds. The monoisotopic (exact) mass is 258 g/mol. The molecule has 102 valence electrons. The number of Topliss-reactive ketones (excluding diaryl/α,β-unsaturated/α-hetero) is 2. The van der Waals surface area contributed by atoms with Gasteiger partial charge in [-0.3, -0.25) is 9.59 Å². The molecule has 1 aromatic carbocycles. The Kier molecular flexibility index (Phi) is 3.88. The van der Waals surface area contributed by atoms with Crippen molar-refractivity contribution in [2.45, 2.75) is 40.0 Å². The van der Waals surface area contributed by atoms with E-state index in [0.717, 1.165) is 6.42 Å². The molecule has 0 aromatic heterocycles. The quantitative estimate of drug-likeness (QED) is 0.595. The lowest BCUT2D eigenvalue weighted by Gasteiger charge is -2.36. The summed E-state index contributed by atoms with van der Waals surface area (Å²) in [6.07, 6.45) is 2.17. The van der Waals surface area contributed by atoms with Crippen molar-refractivity contribution in [3.8, 4) is 0 Å². The van der Waals surface area contributed by atoms with E-state index >= 15 is 0 Å². The molecule has 0 aliphatic heterocycles. The predicted octanol–water partition coefficient (Wildman–Crippen LogP) is 3.90. The summed E-state index contributed by atoms with van der Waals surface area (Å²) in [5, 5.41) is 0.